The summed E-state index contributed by atoms with van der Waals surface area (Å²) in [5.74, 6) is 0.640. The predicted molar refractivity (Wildman–Crippen MR) is 145 cm³/mol. The predicted octanol–water partition coefficient (Wildman–Crippen LogP) is 5.95. The minimum atomic E-state index is -0.202. The average molecular weight is 519 g/mol. The van der Waals surface area contributed by atoms with E-state index in [-0.39, 0.29) is 11.8 Å². The number of amides is 1. The molecule has 190 valence electrons. The summed E-state index contributed by atoms with van der Waals surface area (Å²) < 4.78 is 5.77. The number of rotatable bonds is 8. The first-order chi connectivity index (χ1) is 17.0. The fourth-order valence-corrected chi connectivity index (χ4v) is 5.10. The van der Waals surface area contributed by atoms with Crippen molar-refractivity contribution < 1.29 is 9.53 Å². The molecular weight excluding hydrogens is 481 g/mol. The molecule has 2 aliphatic heterocycles. The monoisotopic (exact) mass is 517 g/mol. The third kappa shape index (κ3) is 8.30. The summed E-state index contributed by atoms with van der Waals surface area (Å²) in [5, 5.41) is 1.50. The van der Waals surface area contributed by atoms with E-state index >= 15 is 0 Å². The zero-order valence-electron chi connectivity index (χ0n) is 20.4. The number of hydrogen-bond acceptors (Lipinski definition) is 4. The lowest BCUT2D eigenvalue weighted by Crippen LogP contribution is -2.30. The molecular formula is C28H37Cl2N3O2. The summed E-state index contributed by atoms with van der Waals surface area (Å²) in [5.41, 5.74) is 7.70. The van der Waals surface area contributed by atoms with Crippen LogP contribution in [0.2, 0.25) is 10.0 Å². The Balaban J connectivity index is 0.000000172. The van der Waals surface area contributed by atoms with Crippen LogP contribution in [0.1, 0.15) is 50.5 Å². The molecule has 1 saturated carbocycles. The van der Waals surface area contributed by atoms with Crippen LogP contribution in [0, 0.1) is 5.92 Å². The number of nitrogens with zero attached hydrogens (tertiary/aromatic N) is 2. The topological polar surface area (TPSA) is 58.8 Å². The lowest BCUT2D eigenvalue weighted by atomic mass is 10.1. The summed E-state index contributed by atoms with van der Waals surface area (Å²) in [6, 6.07) is 13.9. The van der Waals surface area contributed by atoms with E-state index in [0.717, 1.165) is 47.4 Å². The van der Waals surface area contributed by atoms with Gasteiger partial charge in [-0.3, -0.25) is 4.79 Å². The molecule has 3 aliphatic rings. The van der Waals surface area contributed by atoms with Gasteiger partial charge in [0.2, 0.25) is 5.91 Å². The number of nitrogens with two attached hydrogens (primary N) is 1. The Morgan fingerprint density at radius 3 is 2.34 bits per heavy atom. The van der Waals surface area contributed by atoms with Crippen molar-refractivity contribution in [2.75, 3.05) is 37.6 Å². The van der Waals surface area contributed by atoms with E-state index in [4.69, 9.17) is 33.7 Å². The van der Waals surface area contributed by atoms with Crippen molar-refractivity contribution in [3.63, 3.8) is 0 Å². The van der Waals surface area contributed by atoms with Gasteiger partial charge in [-0.15, -0.1) is 0 Å². The van der Waals surface area contributed by atoms with E-state index < -0.39 is 0 Å². The molecule has 5 nitrogen and oxygen atoms in total. The molecule has 0 radical (unpaired) electrons. The van der Waals surface area contributed by atoms with E-state index in [1.54, 1.807) is 0 Å². The largest absolute Gasteiger partial charge is 0.489 e. The highest BCUT2D eigenvalue weighted by molar-refractivity contribution is 6.32. The molecule has 2 N–H and O–H groups in total. The van der Waals surface area contributed by atoms with Crippen molar-refractivity contribution in [2.24, 2.45) is 11.7 Å². The molecule has 2 saturated heterocycles. The van der Waals surface area contributed by atoms with Gasteiger partial charge in [-0.25, -0.2) is 0 Å². The van der Waals surface area contributed by atoms with Crippen LogP contribution in [0.5, 0.6) is 5.75 Å². The van der Waals surface area contributed by atoms with Gasteiger partial charge < -0.3 is 20.3 Å². The molecule has 3 fully saturated rings. The number of benzene rings is 2. The highest BCUT2D eigenvalue weighted by Gasteiger charge is 2.26. The molecule has 0 aromatic heterocycles. The lowest BCUT2D eigenvalue weighted by molar-refractivity contribution is -0.121. The first-order valence-electron chi connectivity index (χ1n) is 12.9. The summed E-state index contributed by atoms with van der Waals surface area (Å²) in [4.78, 5) is 15.8. The zero-order chi connectivity index (χ0) is 24.6. The number of aryl methyl sites for hydroxylation is 1. The summed E-state index contributed by atoms with van der Waals surface area (Å²) >= 11 is 12.1. The van der Waals surface area contributed by atoms with Crippen LogP contribution >= 0.6 is 23.2 Å². The second-order valence-corrected chi connectivity index (χ2v) is 10.7. The molecule has 1 aliphatic carbocycles. The quantitative estimate of drug-likeness (QED) is 0.469. The van der Waals surface area contributed by atoms with Gasteiger partial charge in [0, 0.05) is 23.8 Å². The Labute approximate surface area is 219 Å². The lowest BCUT2D eigenvalue weighted by Gasteiger charge is -2.26. The maximum atomic E-state index is 11.0. The standard InChI is InChI=1S/C17H24ClNO.C11H13ClN2O/c18-16-13-14(6-9-17(16)20-15-7-8-15)5-4-12-19-10-2-1-3-11-19;12-9-1-3-10(4-2-9)14-6-5-8(7-14)11(13)15/h6,9,13,15H,1-5,7-8,10-12H2;1-4,8H,5-7H2,(H2,13,15). The Morgan fingerprint density at radius 1 is 0.971 bits per heavy atom. The maximum Gasteiger partial charge on any atom is 0.222 e. The van der Waals surface area contributed by atoms with Crippen molar-refractivity contribution in [3.05, 3.63) is 58.1 Å². The van der Waals surface area contributed by atoms with Crippen molar-refractivity contribution in [1.82, 2.24) is 4.90 Å². The Morgan fingerprint density at radius 2 is 1.71 bits per heavy atom. The molecule has 1 amide bonds. The van der Waals surface area contributed by atoms with Crippen LogP contribution in [-0.4, -0.2) is 49.6 Å². The number of halogens is 2. The van der Waals surface area contributed by atoms with Crippen LogP contribution in [0.15, 0.2) is 42.5 Å². The average Bonchev–Trinajstić information content (AvgIpc) is 3.54. The number of carbonyl (C=O) groups excluding carboxylic acids is 1. The molecule has 2 aromatic carbocycles. The molecule has 7 heteroatoms. The number of anilines is 1. The van der Waals surface area contributed by atoms with Gasteiger partial charge in [0.25, 0.3) is 0 Å². The van der Waals surface area contributed by atoms with Crippen LogP contribution in [0.3, 0.4) is 0 Å². The Kier molecular flexibility index (Phi) is 9.59. The van der Waals surface area contributed by atoms with E-state index in [2.05, 4.69) is 21.9 Å². The molecule has 1 atom stereocenters. The Bertz CT molecular complexity index is 959. The van der Waals surface area contributed by atoms with E-state index in [1.807, 2.05) is 30.3 Å². The molecule has 0 bridgehead atoms. The van der Waals surface area contributed by atoms with E-state index in [9.17, 15) is 4.79 Å². The number of likely N-dealkylation sites (tertiary alicyclic amines) is 1. The summed E-state index contributed by atoms with van der Waals surface area (Å²) in [7, 11) is 0. The minimum absolute atomic E-state index is 0.0133. The third-order valence-corrected chi connectivity index (χ3v) is 7.53. The number of primary amides is 1. The van der Waals surface area contributed by atoms with Crippen molar-refractivity contribution in [1.29, 1.82) is 0 Å². The fourth-order valence-electron chi connectivity index (χ4n) is 4.73. The number of hydrogen-bond donors (Lipinski definition) is 1. The van der Waals surface area contributed by atoms with Gasteiger partial charge >= 0.3 is 0 Å². The fraction of sp³-hybridized carbons (Fsp3) is 0.536. The summed E-state index contributed by atoms with van der Waals surface area (Å²) in [6.45, 7) is 5.40. The van der Waals surface area contributed by atoms with Crippen LogP contribution in [0.25, 0.3) is 0 Å². The van der Waals surface area contributed by atoms with Gasteiger partial charge in [0.15, 0.2) is 0 Å². The molecule has 1 unspecified atom stereocenters. The first-order valence-corrected chi connectivity index (χ1v) is 13.7. The van der Waals surface area contributed by atoms with Crippen LogP contribution < -0.4 is 15.4 Å². The highest BCUT2D eigenvalue weighted by Crippen LogP contribution is 2.32. The number of piperidine rings is 1. The first kappa shape index (κ1) is 26.1. The SMILES string of the molecule is Clc1cc(CCCN2CCCCC2)ccc1OC1CC1.NC(=O)C1CCN(c2ccc(Cl)cc2)C1. The van der Waals surface area contributed by atoms with E-state index in [1.165, 1.54) is 63.7 Å². The molecule has 2 heterocycles. The second kappa shape index (κ2) is 12.8. The van der Waals surface area contributed by atoms with Crippen molar-refractivity contribution in [3.8, 4) is 5.75 Å². The second-order valence-electron chi connectivity index (χ2n) is 9.90. The van der Waals surface area contributed by atoms with Gasteiger partial charge in [-0.05, 0) is 107 Å². The molecule has 5 rings (SSSR count). The van der Waals surface area contributed by atoms with Crippen molar-refractivity contribution in [2.45, 2.75) is 57.5 Å². The van der Waals surface area contributed by atoms with Gasteiger partial charge in [-0.2, -0.15) is 0 Å². The van der Waals surface area contributed by atoms with Crippen LogP contribution in [-0.2, 0) is 11.2 Å². The minimum Gasteiger partial charge on any atom is -0.489 e. The van der Waals surface area contributed by atoms with Gasteiger partial charge in [0.1, 0.15) is 5.75 Å². The molecule has 35 heavy (non-hydrogen) atoms. The molecule has 2 aromatic rings. The molecule has 0 spiro atoms. The maximum absolute atomic E-state index is 11.0. The van der Waals surface area contributed by atoms with E-state index in [0.29, 0.717) is 6.10 Å². The highest BCUT2D eigenvalue weighted by atomic mass is 35.5. The number of carbonyl (C=O) groups is 1. The summed E-state index contributed by atoms with van der Waals surface area (Å²) in [6.07, 6.45) is 10.1. The Hall–Kier alpha value is -1.95. The van der Waals surface area contributed by atoms with Gasteiger partial charge in [0.05, 0.1) is 17.0 Å². The number of ether oxygens (including phenoxy) is 1. The normalized spacial score (nSPS) is 20.3. The van der Waals surface area contributed by atoms with Crippen molar-refractivity contribution >= 4 is 34.8 Å². The third-order valence-electron chi connectivity index (χ3n) is 6.99. The van der Waals surface area contributed by atoms with Gasteiger partial charge in [-0.1, -0.05) is 35.7 Å². The van der Waals surface area contributed by atoms with Crippen LogP contribution in [0.4, 0.5) is 5.69 Å². The smallest absolute Gasteiger partial charge is 0.222 e. The zero-order valence-corrected chi connectivity index (χ0v) is 21.9.